The van der Waals surface area contributed by atoms with Gasteiger partial charge in [0.15, 0.2) is 5.82 Å². The highest BCUT2D eigenvalue weighted by Crippen LogP contribution is 2.21. The van der Waals surface area contributed by atoms with Crippen LogP contribution >= 0.6 is 11.3 Å². The van der Waals surface area contributed by atoms with Crippen molar-refractivity contribution >= 4 is 22.4 Å². The first-order valence-electron chi connectivity index (χ1n) is 10.7. The van der Waals surface area contributed by atoms with Gasteiger partial charge in [0.25, 0.3) is 5.56 Å². The number of para-hydroxylation sites is 1. The van der Waals surface area contributed by atoms with Crippen molar-refractivity contribution in [1.29, 1.82) is 0 Å². The Kier molecular flexibility index (Phi) is 6.97. The highest BCUT2D eigenvalue weighted by Gasteiger charge is 2.12. The van der Waals surface area contributed by atoms with Crippen molar-refractivity contribution in [2.75, 3.05) is 13.2 Å². The van der Waals surface area contributed by atoms with Gasteiger partial charge in [-0.3, -0.25) is 4.79 Å². The highest BCUT2D eigenvalue weighted by atomic mass is 32.1. The molecule has 0 aliphatic carbocycles. The van der Waals surface area contributed by atoms with Gasteiger partial charge in [-0.25, -0.2) is 0 Å². The van der Waals surface area contributed by atoms with Crippen LogP contribution in [-0.2, 0) is 0 Å². The molecule has 2 aromatic carbocycles. The van der Waals surface area contributed by atoms with Crippen LogP contribution in [0.4, 0.5) is 0 Å². The van der Waals surface area contributed by atoms with E-state index >= 15 is 0 Å². The largest absolute Gasteiger partial charge is 0.494 e. The number of fused-ring (bicyclic) bond motifs is 1. The lowest BCUT2D eigenvalue weighted by Crippen LogP contribution is -2.23. The van der Waals surface area contributed by atoms with Crippen LogP contribution in [0, 0.1) is 0 Å². The number of aromatic nitrogens is 3. The summed E-state index contributed by atoms with van der Waals surface area (Å²) in [6.07, 6.45) is 6.88. The predicted octanol–water partition coefficient (Wildman–Crippen LogP) is 4.50. The van der Waals surface area contributed by atoms with Gasteiger partial charge in [0.05, 0.1) is 11.1 Å². The molecule has 2 aromatic heterocycles. The second-order valence-electron chi connectivity index (χ2n) is 7.26. The average Bonchev–Trinajstić information content (AvgIpc) is 3.36. The summed E-state index contributed by atoms with van der Waals surface area (Å²) >= 11 is 1.31. The number of ether oxygens (including phenoxy) is 2. The number of unbranched alkanes of at least 4 members (excludes halogenated alkanes) is 2. The van der Waals surface area contributed by atoms with E-state index in [9.17, 15) is 4.79 Å². The first-order valence-corrected chi connectivity index (χ1v) is 11.5. The summed E-state index contributed by atoms with van der Waals surface area (Å²) in [6.45, 7) is 6.96. The van der Waals surface area contributed by atoms with Crippen molar-refractivity contribution in [2.24, 2.45) is 0 Å². The summed E-state index contributed by atoms with van der Waals surface area (Å²) in [7, 11) is 0. The average molecular weight is 448 g/mol. The molecule has 0 saturated carbocycles. The second-order valence-corrected chi connectivity index (χ2v) is 8.27. The lowest BCUT2D eigenvalue weighted by atomic mass is 10.2. The molecule has 32 heavy (non-hydrogen) atoms. The Bertz CT molecular complexity index is 1310. The minimum Gasteiger partial charge on any atom is -0.494 e. The number of hydrogen-bond acceptors (Lipinski definition) is 6. The summed E-state index contributed by atoms with van der Waals surface area (Å²) in [5.74, 6) is 2.04. The van der Waals surface area contributed by atoms with Crippen LogP contribution in [0.1, 0.15) is 31.7 Å². The van der Waals surface area contributed by atoms with Crippen molar-refractivity contribution in [2.45, 2.75) is 26.2 Å². The third kappa shape index (κ3) is 4.89. The summed E-state index contributed by atoms with van der Waals surface area (Å²) < 4.78 is 13.3. The maximum Gasteiger partial charge on any atom is 0.291 e. The lowest BCUT2D eigenvalue weighted by Gasteiger charge is -2.06. The van der Waals surface area contributed by atoms with E-state index in [-0.39, 0.29) is 5.56 Å². The van der Waals surface area contributed by atoms with Crippen molar-refractivity contribution in [3.05, 3.63) is 81.6 Å². The van der Waals surface area contributed by atoms with E-state index in [1.165, 1.54) is 22.3 Å². The fourth-order valence-corrected chi connectivity index (χ4v) is 4.12. The number of nitrogens with zero attached hydrogens (tertiary/aromatic N) is 3. The summed E-state index contributed by atoms with van der Waals surface area (Å²) in [6, 6.07) is 15.2. The standard InChI is InChI=1S/C25H25N3O3S/c1-3-5-8-16-30-20-13-11-18(12-14-20)23-26-25-28(27-23)24(29)22(32-25)17-19-9-6-7-10-21(19)31-15-4-2/h4,6-7,9-14,17H,2-3,5,8,15-16H2,1H3. The monoisotopic (exact) mass is 447 g/mol. The van der Waals surface area contributed by atoms with E-state index in [0.717, 1.165) is 29.7 Å². The smallest absolute Gasteiger partial charge is 0.291 e. The van der Waals surface area contributed by atoms with E-state index in [4.69, 9.17) is 9.47 Å². The maximum atomic E-state index is 12.9. The molecule has 0 fully saturated rings. The highest BCUT2D eigenvalue weighted by molar-refractivity contribution is 7.15. The first-order chi connectivity index (χ1) is 15.7. The third-order valence-corrected chi connectivity index (χ3v) is 5.83. The van der Waals surface area contributed by atoms with Crippen LogP contribution in [0.2, 0.25) is 0 Å². The Morgan fingerprint density at radius 2 is 1.91 bits per heavy atom. The number of hydrogen-bond donors (Lipinski definition) is 0. The van der Waals surface area contributed by atoms with Crippen molar-refractivity contribution in [1.82, 2.24) is 14.6 Å². The van der Waals surface area contributed by atoms with Gasteiger partial charge in [-0.15, -0.1) is 5.10 Å². The normalized spacial score (nSPS) is 11.7. The molecule has 4 aromatic rings. The summed E-state index contributed by atoms with van der Waals surface area (Å²) in [5, 5.41) is 4.43. The topological polar surface area (TPSA) is 65.7 Å². The molecule has 0 aliphatic heterocycles. The fraction of sp³-hybridized carbons (Fsp3) is 0.240. The summed E-state index contributed by atoms with van der Waals surface area (Å²) in [4.78, 5) is 18.0. The number of benzene rings is 2. The van der Waals surface area contributed by atoms with Gasteiger partial charge in [0, 0.05) is 11.1 Å². The molecular formula is C25H25N3O3S. The van der Waals surface area contributed by atoms with Crippen LogP contribution in [0.5, 0.6) is 11.5 Å². The molecule has 164 valence electrons. The zero-order valence-electron chi connectivity index (χ0n) is 18.0. The molecule has 2 heterocycles. The fourth-order valence-electron chi connectivity index (χ4n) is 3.22. The van der Waals surface area contributed by atoms with Gasteiger partial charge in [0.1, 0.15) is 18.1 Å². The SMILES string of the molecule is C=CCOc1ccccc1C=c1sc2nc(-c3ccc(OCCCCC)cc3)nn2c1=O. The van der Waals surface area contributed by atoms with Crippen LogP contribution in [-0.4, -0.2) is 27.8 Å². The van der Waals surface area contributed by atoms with E-state index in [0.29, 0.717) is 34.3 Å². The molecule has 0 aliphatic rings. The van der Waals surface area contributed by atoms with Crippen molar-refractivity contribution in [3.8, 4) is 22.9 Å². The van der Waals surface area contributed by atoms with E-state index in [1.54, 1.807) is 6.08 Å². The second kappa shape index (κ2) is 10.2. The molecule has 0 amide bonds. The van der Waals surface area contributed by atoms with Crippen molar-refractivity contribution < 1.29 is 9.47 Å². The van der Waals surface area contributed by atoms with Gasteiger partial charge in [-0.2, -0.15) is 9.50 Å². The molecular weight excluding hydrogens is 422 g/mol. The van der Waals surface area contributed by atoms with E-state index < -0.39 is 0 Å². The predicted molar refractivity (Wildman–Crippen MR) is 129 cm³/mol. The molecule has 0 unspecified atom stereocenters. The molecule has 0 saturated heterocycles. The molecule has 0 atom stereocenters. The van der Waals surface area contributed by atoms with Gasteiger partial charge in [-0.1, -0.05) is 62.0 Å². The minimum absolute atomic E-state index is 0.196. The summed E-state index contributed by atoms with van der Waals surface area (Å²) in [5.41, 5.74) is 1.47. The molecule has 0 bridgehead atoms. The molecule has 6 nitrogen and oxygen atoms in total. The number of thiazole rings is 1. The maximum absolute atomic E-state index is 12.9. The third-order valence-electron chi connectivity index (χ3n) is 4.87. The van der Waals surface area contributed by atoms with Gasteiger partial charge in [0.2, 0.25) is 4.96 Å². The molecule has 7 heteroatoms. The Hall–Kier alpha value is -3.45. The number of rotatable bonds is 10. The molecule has 0 radical (unpaired) electrons. The van der Waals surface area contributed by atoms with Crippen LogP contribution in [0.25, 0.3) is 22.4 Å². The van der Waals surface area contributed by atoms with Crippen molar-refractivity contribution in [3.63, 3.8) is 0 Å². The zero-order valence-corrected chi connectivity index (χ0v) is 18.8. The van der Waals surface area contributed by atoms with Gasteiger partial charge in [-0.05, 0) is 42.8 Å². The molecule has 0 spiro atoms. The Labute approximate surface area is 190 Å². The molecule has 0 N–H and O–H groups in total. The Balaban J connectivity index is 1.57. The van der Waals surface area contributed by atoms with Crippen LogP contribution < -0.4 is 19.6 Å². The quantitative estimate of drug-likeness (QED) is 0.265. The van der Waals surface area contributed by atoms with E-state index in [1.807, 2.05) is 54.6 Å². The lowest BCUT2D eigenvalue weighted by molar-refractivity contribution is 0.306. The Morgan fingerprint density at radius 3 is 2.66 bits per heavy atom. The van der Waals surface area contributed by atoms with Gasteiger partial charge >= 0.3 is 0 Å². The minimum atomic E-state index is -0.196. The van der Waals surface area contributed by atoms with Crippen LogP contribution in [0.3, 0.4) is 0 Å². The van der Waals surface area contributed by atoms with Gasteiger partial charge < -0.3 is 9.47 Å². The zero-order chi connectivity index (χ0) is 22.3. The first kappa shape index (κ1) is 21.8. The van der Waals surface area contributed by atoms with Crippen LogP contribution in [0.15, 0.2) is 66.0 Å². The van der Waals surface area contributed by atoms with E-state index in [2.05, 4.69) is 23.6 Å². The Morgan fingerprint density at radius 1 is 1.09 bits per heavy atom. The molecule has 4 rings (SSSR count).